The van der Waals surface area contributed by atoms with Crippen molar-refractivity contribution in [2.75, 3.05) is 23.6 Å². The molecule has 2 aromatic carbocycles. The summed E-state index contributed by atoms with van der Waals surface area (Å²) in [5.41, 5.74) is -0.127. The number of benzene rings is 2. The van der Waals surface area contributed by atoms with E-state index in [4.69, 9.17) is 14.2 Å². The lowest BCUT2D eigenvalue weighted by Gasteiger charge is -2.33. The molecule has 1 N–H and O–H groups in total. The lowest BCUT2D eigenvalue weighted by molar-refractivity contribution is 0.0127. The van der Waals surface area contributed by atoms with E-state index in [9.17, 15) is 26.8 Å². The Hall–Kier alpha value is -4.13. The number of halogens is 2. The number of hydrogen-bond acceptors (Lipinski definition) is 7. The third-order valence-electron chi connectivity index (χ3n) is 6.61. The van der Waals surface area contributed by atoms with E-state index in [2.05, 4.69) is 4.72 Å². The van der Waals surface area contributed by atoms with Crippen LogP contribution in [0.4, 0.5) is 19.3 Å². The lowest BCUT2D eigenvalue weighted by Crippen LogP contribution is -2.44. The molecule has 4 rings (SSSR count). The average molecular weight is 620 g/mol. The molecule has 2 heterocycles. The molecule has 13 heteroatoms. The maximum atomic E-state index is 14.5. The molecule has 1 aromatic heterocycles. The Balaban J connectivity index is 1.70. The first-order valence-electron chi connectivity index (χ1n) is 13.8. The molecular weight excluding hydrogens is 584 g/mol. The third kappa shape index (κ3) is 8.25. The molecule has 232 valence electrons. The Kier molecular flexibility index (Phi) is 9.33. The minimum atomic E-state index is -3.65. The van der Waals surface area contributed by atoms with Crippen molar-refractivity contribution in [3.8, 4) is 28.4 Å². The third-order valence-corrected chi connectivity index (χ3v) is 7.92. The monoisotopic (exact) mass is 619 g/mol. The van der Waals surface area contributed by atoms with Crippen molar-refractivity contribution in [1.29, 1.82) is 0 Å². The first-order chi connectivity index (χ1) is 20.1. The zero-order valence-corrected chi connectivity index (χ0v) is 25.5. The Bertz CT molecular complexity index is 1660. The van der Waals surface area contributed by atoms with Crippen LogP contribution in [-0.4, -0.2) is 54.5 Å². The van der Waals surface area contributed by atoms with Gasteiger partial charge in [0.05, 0.1) is 5.75 Å². The number of aryl methyl sites for hydroxylation is 1. The van der Waals surface area contributed by atoms with Gasteiger partial charge >= 0.3 is 6.09 Å². The predicted octanol–water partition coefficient (Wildman–Crippen LogP) is 5.66. The van der Waals surface area contributed by atoms with Crippen LogP contribution in [0.5, 0.6) is 17.2 Å². The van der Waals surface area contributed by atoms with Crippen molar-refractivity contribution in [3.63, 3.8) is 0 Å². The summed E-state index contributed by atoms with van der Waals surface area (Å²) >= 11 is 0. The number of piperidine rings is 1. The van der Waals surface area contributed by atoms with Crippen molar-refractivity contribution < 1.29 is 36.2 Å². The number of aromatic nitrogens is 1. The van der Waals surface area contributed by atoms with E-state index in [0.717, 1.165) is 12.1 Å². The SMILES string of the molecule is CCS(=O)(=O)Nc1ccc(Oc2ccc(F)cc2F)c(-c2cn(C)c(=O)cc2OC2CCN(C(=O)OC(C)(C)C)CC2)c1. The Morgan fingerprint density at radius 3 is 2.30 bits per heavy atom. The molecule has 0 unspecified atom stereocenters. The Labute approximate surface area is 249 Å². The van der Waals surface area contributed by atoms with E-state index < -0.39 is 33.4 Å². The molecule has 1 saturated heterocycles. The van der Waals surface area contributed by atoms with Gasteiger partial charge in [-0.3, -0.25) is 9.52 Å². The molecule has 0 atom stereocenters. The van der Waals surface area contributed by atoms with Crippen LogP contribution < -0.4 is 19.8 Å². The topological polar surface area (TPSA) is 116 Å². The van der Waals surface area contributed by atoms with Crippen molar-refractivity contribution in [1.82, 2.24) is 9.47 Å². The normalized spacial score (nSPS) is 14.3. The molecule has 1 aliphatic heterocycles. The number of rotatable bonds is 8. The van der Waals surface area contributed by atoms with Gasteiger partial charge in [0.2, 0.25) is 10.0 Å². The number of sulfonamides is 1. The van der Waals surface area contributed by atoms with Crippen molar-refractivity contribution in [2.45, 2.75) is 52.2 Å². The van der Waals surface area contributed by atoms with Gasteiger partial charge in [0.15, 0.2) is 11.6 Å². The largest absolute Gasteiger partial charge is 0.489 e. The summed E-state index contributed by atoms with van der Waals surface area (Å²) in [6, 6.07) is 8.55. The quantitative estimate of drug-likeness (QED) is 0.346. The second-order valence-electron chi connectivity index (χ2n) is 11.2. The fourth-order valence-corrected chi connectivity index (χ4v) is 5.03. The predicted molar refractivity (Wildman–Crippen MR) is 158 cm³/mol. The molecule has 1 aliphatic rings. The number of nitrogens with zero attached hydrogens (tertiary/aromatic N) is 2. The molecule has 0 saturated carbocycles. The lowest BCUT2D eigenvalue weighted by atomic mass is 10.0. The molecular formula is C30H35F2N3O7S. The van der Waals surface area contributed by atoms with Crippen molar-refractivity contribution >= 4 is 21.8 Å². The van der Waals surface area contributed by atoms with E-state index in [1.807, 2.05) is 0 Å². The summed E-state index contributed by atoms with van der Waals surface area (Å²) in [4.78, 5) is 26.8. The highest BCUT2D eigenvalue weighted by molar-refractivity contribution is 7.92. The second-order valence-corrected chi connectivity index (χ2v) is 13.2. The summed E-state index contributed by atoms with van der Waals surface area (Å²) < 4.78 is 74.1. The molecule has 0 bridgehead atoms. The van der Waals surface area contributed by atoms with Crippen LogP contribution in [0.25, 0.3) is 11.1 Å². The molecule has 0 radical (unpaired) electrons. The van der Waals surface area contributed by atoms with E-state index >= 15 is 0 Å². The molecule has 1 amide bonds. The fourth-order valence-electron chi connectivity index (χ4n) is 4.40. The summed E-state index contributed by atoms with van der Waals surface area (Å²) in [6.45, 7) is 7.64. The number of carbonyl (C=O) groups excluding carboxylic acids is 1. The number of ether oxygens (including phenoxy) is 3. The van der Waals surface area contributed by atoms with Gasteiger partial charge < -0.3 is 23.7 Å². The zero-order chi connectivity index (χ0) is 31.5. The van der Waals surface area contributed by atoms with Gasteiger partial charge in [-0.2, -0.15) is 0 Å². The average Bonchev–Trinajstić information content (AvgIpc) is 2.92. The van der Waals surface area contributed by atoms with E-state index in [1.165, 1.54) is 42.0 Å². The molecule has 0 spiro atoms. The summed E-state index contributed by atoms with van der Waals surface area (Å²) in [7, 11) is -2.11. The van der Waals surface area contributed by atoms with Gasteiger partial charge in [-0.1, -0.05) is 0 Å². The number of hydrogen-bond donors (Lipinski definition) is 1. The van der Waals surface area contributed by atoms with Gasteiger partial charge in [-0.25, -0.2) is 22.0 Å². The highest BCUT2D eigenvalue weighted by Crippen LogP contribution is 2.41. The van der Waals surface area contributed by atoms with E-state index in [-0.39, 0.29) is 45.9 Å². The van der Waals surface area contributed by atoms with E-state index in [1.54, 1.807) is 32.7 Å². The molecule has 1 fully saturated rings. The smallest absolute Gasteiger partial charge is 0.410 e. The van der Waals surface area contributed by atoms with Crippen molar-refractivity contribution in [2.24, 2.45) is 7.05 Å². The number of carbonyl (C=O) groups is 1. The van der Waals surface area contributed by atoms with Crippen LogP contribution in [0.2, 0.25) is 0 Å². The highest BCUT2D eigenvalue weighted by atomic mass is 32.2. The van der Waals surface area contributed by atoms with Crippen molar-refractivity contribution in [3.05, 3.63) is 70.6 Å². The maximum absolute atomic E-state index is 14.5. The van der Waals surface area contributed by atoms with Crippen LogP contribution in [0, 0.1) is 11.6 Å². The molecule has 10 nitrogen and oxygen atoms in total. The number of likely N-dealkylation sites (tertiary alicyclic amines) is 1. The number of pyridine rings is 1. The number of anilines is 1. The summed E-state index contributed by atoms with van der Waals surface area (Å²) in [5.74, 6) is -1.84. The van der Waals surface area contributed by atoms with Crippen LogP contribution in [0.3, 0.4) is 0 Å². The summed E-state index contributed by atoms with van der Waals surface area (Å²) in [5, 5.41) is 0. The molecule has 0 aliphatic carbocycles. The Morgan fingerprint density at radius 2 is 1.67 bits per heavy atom. The fraction of sp³-hybridized carbons (Fsp3) is 0.400. The second kappa shape index (κ2) is 12.6. The van der Waals surface area contributed by atoms with Crippen LogP contribution in [0.15, 0.2) is 53.5 Å². The highest BCUT2D eigenvalue weighted by Gasteiger charge is 2.29. The van der Waals surface area contributed by atoms with Gasteiger partial charge in [-0.05, 0) is 58.0 Å². The molecule has 3 aromatic rings. The minimum Gasteiger partial charge on any atom is -0.489 e. The van der Waals surface area contributed by atoms with Crippen LogP contribution in [-0.2, 0) is 21.8 Å². The zero-order valence-electron chi connectivity index (χ0n) is 24.6. The maximum Gasteiger partial charge on any atom is 0.410 e. The van der Waals surface area contributed by atoms with Gasteiger partial charge in [-0.15, -0.1) is 0 Å². The van der Waals surface area contributed by atoms with E-state index in [0.29, 0.717) is 37.6 Å². The van der Waals surface area contributed by atoms with Crippen LogP contribution >= 0.6 is 0 Å². The summed E-state index contributed by atoms with van der Waals surface area (Å²) in [6.07, 6.45) is 1.67. The first-order valence-corrected chi connectivity index (χ1v) is 15.4. The standard InChI is InChI=1S/C30H35F2N3O7S/c1-6-43(38,39)33-20-8-10-25(41-26-9-7-19(31)15-24(26)32)22(16-20)23-18-34(5)28(36)17-27(23)40-21-11-13-35(14-12-21)29(37)42-30(2,3)4/h7-10,15-18,21,33H,6,11-14H2,1-5H3. The first kappa shape index (κ1) is 31.8. The van der Waals surface area contributed by atoms with Gasteiger partial charge in [0.25, 0.3) is 5.56 Å². The van der Waals surface area contributed by atoms with Gasteiger partial charge in [0.1, 0.15) is 29.0 Å². The Morgan fingerprint density at radius 1 is 1.00 bits per heavy atom. The number of amides is 1. The number of nitrogens with one attached hydrogen (secondary N) is 1. The minimum absolute atomic E-state index is 0.105. The molecule has 43 heavy (non-hydrogen) atoms. The van der Waals surface area contributed by atoms with Crippen LogP contribution in [0.1, 0.15) is 40.5 Å². The van der Waals surface area contributed by atoms with Gasteiger partial charge in [0, 0.05) is 68.1 Å².